The number of nitrogens with zero attached hydrogens (tertiary/aromatic N) is 1. The molecule has 0 saturated heterocycles. The number of alkyl halides is 3. The largest absolute Gasteiger partial charge is 0.391 e. The average Bonchev–Trinajstić information content (AvgIpc) is 3.14. The molecule has 2 nitrogen and oxygen atoms in total. The van der Waals surface area contributed by atoms with Crippen LogP contribution in [0.1, 0.15) is 54.1 Å². The summed E-state index contributed by atoms with van der Waals surface area (Å²) in [6.07, 6.45) is -0.188. The molecule has 0 radical (unpaired) electrons. The van der Waals surface area contributed by atoms with Gasteiger partial charge >= 0.3 is 6.18 Å². The Labute approximate surface area is 127 Å². The molecule has 1 heterocycles. The van der Waals surface area contributed by atoms with Crippen LogP contribution in [-0.2, 0) is 5.54 Å². The molecule has 0 aromatic carbocycles. The second kappa shape index (κ2) is 5.23. The number of nitrogens with one attached hydrogen (secondary N) is 1. The van der Waals surface area contributed by atoms with E-state index >= 15 is 0 Å². The minimum absolute atomic E-state index is 0.138. The fourth-order valence-corrected chi connectivity index (χ4v) is 4.34. The molecule has 2 aliphatic rings. The molecule has 118 valence electrons. The van der Waals surface area contributed by atoms with Crippen LogP contribution >= 0.6 is 11.3 Å². The van der Waals surface area contributed by atoms with Crippen LogP contribution in [0.4, 0.5) is 13.2 Å². The van der Waals surface area contributed by atoms with Gasteiger partial charge in [0.1, 0.15) is 5.01 Å². The predicted molar refractivity (Wildman–Crippen MR) is 77.4 cm³/mol. The molecular weight excluding hydrogens is 297 g/mol. The third kappa shape index (κ3) is 3.11. The van der Waals surface area contributed by atoms with Gasteiger partial charge < -0.3 is 5.32 Å². The van der Waals surface area contributed by atoms with Crippen molar-refractivity contribution in [1.82, 2.24) is 10.3 Å². The summed E-state index contributed by atoms with van der Waals surface area (Å²) in [5.74, 6) is -1.21. The highest BCUT2D eigenvalue weighted by atomic mass is 32.1. The Bertz CT molecular complexity index is 502. The summed E-state index contributed by atoms with van der Waals surface area (Å²) in [5, 5.41) is 4.37. The van der Waals surface area contributed by atoms with Crippen LogP contribution in [0.5, 0.6) is 0 Å². The van der Waals surface area contributed by atoms with E-state index < -0.39 is 17.6 Å². The van der Waals surface area contributed by atoms with Crippen LogP contribution in [0, 0.1) is 19.8 Å². The molecule has 2 saturated carbocycles. The Hall–Kier alpha value is -0.620. The topological polar surface area (TPSA) is 24.9 Å². The van der Waals surface area contributed by atoms with Crippen molar-refractivity contribution in [3.05, 3.63) is 15.6 Å². The number of hydrogen-bond donors (Lipinski definition) is 1. The first kappa shape index (κ1) is 15.3. The predicted octanol–water partition coefficient (Wildman–Crippen LogP) is 4.46. The van der Waals surface area contributed by atoms with E-state index in [1.165, 1.54) is 0 Å². The van der Waals surface area contributed by atoms with Gasteiger partial charge in [-0.05, 0) is 46.0 Å². The lowest BCUT2D eigenvalue weighted by Crippen LogP contribution is -2.49. The molecule has 1 aromatic heterocycles. The van der Waals surface area contributed by atoms with E-state index in [1.807, 2.05) is 13.8 Å². The number of aryl methyl sites for hydroxylation is 2. The first-order valence-electron chi connectivity index (χ1n) is 7.59. The Morgan fingerprint density at radius 1 is 1.24 bits per heavy atom. The van der Waals surface area contributed by atoms with Crippen LogP contribution in [0.15, 0.2) is 0 Å². The lowest BCUT2D eigenvalue weighted by Gasteiger charge is -2.41. The molecule has 1 aromatic rings. The van der Waals surface area contributed by atoms with Gasteiger partial charge in [-0.2, -0.15) is 13.2 Å². The minimum Gasteiger partial charge on any atom is -0.303 e. The SMILES string of the molecule is Cc1nc(C2(NC3CC3)CCCC(C(F)(F)F)C2)sc1C. The Balaban J connectivity index is 1.92. The number of aromatic nitrogens is 1. The number of hydrogen-bond acceptors (Lipinski definition) is 3. The normalized spacial score (nSPS) is 30.6. The van der Waals surface area contributed by atoms with Gasteiger partial charge in [-0.15, -0.1) is 11.3 Å². The highest BCUT2D eigenvalue weighted by Gasteiger charge is 2.50. The zero-order valence-corrected chi connectivity index (χ0v) is 13.2. The molecule has 2 atom stereocenters. The molecule has 0 aliphatic heterocycles. The van der Waals surface area contributed by atoms with Gasteiger partial charge in [0.25, 0.3) is 0 Å². The van der Waals surface area contributed by atoms with Crippen molar-refractivity contribution in [2.75, 3.05) is 0 Å². The summed E-state index contributed by atoms with van der Waals surface area (Å²) in [4.78, 5) is 5.70. The summed E-state index contributed by atoms with van der Waals surface area (Å²) in [6.45, 7) is 3.93. The summed E-state index contributed by atoms with van der Waals surface area (Å²) in [5.41, 5.74) is 0.379. The van der Waals surface area contributed by atoms with Gasteiger partial charge in [-0.25, -0.2) is 4.98 Å². The maximum atomic E-state index is 13.2. The smallest absolute Gasteiger partial charge is 0.303 e. The van der Waals surface area contributed by atoms with E-state index in [0.717, 1.165) is 34.8 Å². The van der Waals surface area contributed by atoms with Crippen LogP contribution in [0.2, 0.25) is 0 Å². The van der Waals surface area contributed by atoms with Crippen molar-refractivity contribution in [1.29, 1.82) is 0 Å². The Morgan fingerprint density at radius 2 is 1.95 bits per heavy atom. The number of thiazole rings is 1. The minimum atomic E-state index is -4.10. The molecular formula is C15H21F3N2S. The van der Waals surface area contributed by atoms with Crippen LogP contribution in [0.25, 0.3) is 0 Å². The van der Waals surface area contributed by atoms with Crippen molar-refractivity contribution in [2.45, 2.75) is 70.1 Å². The summed E-state index contributed by atoms with van der Waals surface area (Å²) in [6, 6.07) is 0.376. The van der Waals surface area contributed by atoms with E-state index in [9.17, 15) is 13.2 Å². The second-order valence-corrected chi connectivity index (χ2v) is 7.70. The maximum absolute atomic E-state index is 13.2. The molecule has 6 heteroatoms. The molecule has 21 heavy (non-hydrogen) atoms. The van der Waals surface area contributed by atoms with Crippen LogP contribution < -0.4 is 5.32 Å². The second-order valence-electron chi connectivity index (χ2n) is 6.50. The fraction of sp³-hybridized carbons (Fsp3) is 0.800. The quantitative estimate of drug-likeness (QED) is 0.890. The van der Waals surface area contributed by atoms with Gasteiger partial charge in [-0.3, -0.25) is 0 Å². The van der Waals surface area contributed by atoms with Gasteiger partial charge in [0.2, 0.25) is 0 Å². The summed E-state index contributed by atoms with van der Waals surface area (Å²) < 4.78 is 39.6. The van der Waals surface area contributed by atoms with Crippen LogP contribution in [0.3, 0.4) is 0 Å². The molecule has 3 rings (SSSR count). The van der Waals surface area contributed by atoms with Gasteiger partial charge in [-0.1, -0.05) is 6.42 Å². The Kier molecular flexibility index (Phi) is 3.81. The number of rotatable bonds is 3. The van der Waals surface area contributed by atoms with Gasteiger partial charge in [0, 0.05) is 10.9 Å². The van der Waals surface area contributed by atoms with Gasteiger partial charge in [0.05, 0.1) is 17.2 Å². The maximum Gasteiger partial charge on any atom is 0.391 e. The van der Waals surface area contributed by atoms with Crippen molar-refractivity contribution in [3.63, 3.8) is 0 Å². The van der Waals surface area contributed by atoms with Crippen molar-refractivity contribution in [3.8, 4) is 0 Å². The molecule has 1 N–H and O–H groups in total. The third-order valence-electron chi connectivity index (χ3n) is 4.71. The first-order valence-corrected chi connectivity index (χ1v) is 8.41. The monoisotopic (exact) mass is 318 g/mol. The van der Waals surface area contributed by atoms with Crippen molar-refractivity contribution in [2.24, 2.45) is 5.92 Å². The van der Waals surface area contributed by atoms with Crippen LogP contribution in [-0.4, -0.2) is 17.2 Å². The summed E-state index contributed by atoms with van der Waals surface area (Å²) in [7, 11) is 0. The zero-order chi connectivity index (χ0) is 15.3. The molecule has 2 unspecified atom stereocenters. The average molecular weight is 318 g/mol. The lowest BCUT2D eigenvalue weighted by molar-refractivity contribution is -0.189. The highest BCUT2D eigenvalue weighted by Crippen LogP contribution is 2.48. The van der Waals surface area contributed by atoms with E-state index in [-0.39, 0.29) is 12.8 Å². The fourth-order valence-electron chi connectivity index (χ4n) is 3.24. The van der Waals surface area contributed by atoms with Crippen molar-refractivity contribution < 1.29 is 13.2 Å². The van der Waals surface area contributed by atoms with E-state index in [1.54, 1.807) is 11.3 Å². The van der Waals surface area contributed by atoms with E-state index in [4.69, 9.17) is 0 Å². The van der Waals surface area contributed by atoms with Crippen molar-refractivity contribution >= 4 is 11.3 Å². The highest BCUT2D eigenvalue weighted by molar-refractivity contribution is 7.11. The molecule has 2 aliphatic carbocycles. The molecule has 0 bridgehead atoms. The first-order chi connectivity index (χ1) is 9.80. The zero-order valence-electron chi connectivity index (χ0n) is 12.4. The molecule has 0 amide bonds. The molecule has 0 spiro atoms. The Morgan fingerprint density at radius 3 is 2.48 bits per heavy atom. The van der Waals surface area contributed by atoms with Gasteiger partial charge in [0.15, 0.2) is 0 Å². The summed E-state index contributed by atoms with van der Waals surface area (Å²) >= 11 is 1.56. The number of halogens is 3. The standard InChI is InChI=1S/C15H21F3N2S/c1-9-10(2)21-13(19-9)14(20-12-5-6-12)7-3-4-11(8-14)15(16,17)18/h11-12,20H,3-8H2,1-2H3. The molecule has 2 fully saturated rings. The third-order valence-corrected chi connectivity index (χ3v) is 5.99. The lowest BCUT2D eigenvalue weighted by atomic mass is 9.75. The van der Waals surface area contributed by atoms with E-state index in [0.29, 0.717) is 12.5 Å². The van der Waals surface area contributed by atoms with E-state index in [2.05, 4.69) is 10.3 Å².